The van der Waals surface area contributed by atoms with E-state index in [1.54, 1.807) is 11.8 Å². The van der Waals surface area contributed by atoms with Gasteiger partial charge >= 0.3 is 0 Å². The van der Waals surface area contributed by atoms with Gasteiger partial charge in [-0.15, -0.1) is 0 Å². The largest absolute Gasteiger partial charge is 0.361 e. The highest BCUT2D eigenvalue weighted by molar-refractivity contribution is 8.05. The fourth-order valence-corrected chi connectivity index (χ4v) is 4.02. The third-order valence-corrected chi connectivity index (χ3v) is 5.53. The number of hydrogen-bond donors (Lipinski definition) is 2. The Hall–Kier alpha value is -2.46. The highest BCUT2D eigenvalue weighted by Crippen LogP contribution is 2.31. The first-order valence-electron chi connectivity index (χ1n) is 9.15. The fraction of sp³-hybridized carbons (Fsp3) is 0.227. The minimum atomic E-state index is 0.0351. The number of benzene rings is 2. The number of hydrogen-bond acceptors (Lipinski definition) is 3. The number of aromatic nitrogens is 1. The summed E-state index contributed by atoms with van der Waals surface area (Å²) in [6.07, 6.45) is 9.85. The molecule has 4 rings (SSSR count). The maximum Gasteiger partial charge on any atom is 0.171 e. The van der Waals surface area contributed by atoms with E-state index < -0.39 is 0 Å². The number of aromatic amines is 1. The fourth-order valence-electron chi connectivity index (χ4n) is 3.13. The number of aryl methyl sites for hydroxylation is 1. The van der Waals surface area contributed by atoms with Crippen LogP contribution in [0.1, 0.15) is 30.9 Å². The van der Waals surface area contributed by atoms with Crippen molar-refractivity contribution in [3.05, 3.63) is 70.8 Å². The van der Waals surface area contributed by atoms with Crippen LogP contribution < -0.4 is 5.32 Å². The van der Waals surface area contributed by atoms with E-state index in [0.29, 0.717) is 0 Å². The van der Waals surface area contributed by atoms with Gasteiger partial charge in [0.15, 0.2) is 5.50 Å². The number of allylic oxidation sites excluding steroid dienone is 1. The topological polar surface area (TPSA) is 40.2 Å². The first-order valence-corrected chi connectivity index (χ1v) is 10.0. The van der Waals surface area contributed by atoms with Crippen LogP contribution in [0.15, 0.2) is 64.6 Å². The van der Waals surface area contributed by atoms with Crippen LogP contribution in [0.25, 0.3) is 17.0 Å². The highest BCUT2D eigenvalue weighted by atomic mass is 32.2. The number of rotatable bonds is 6. The van der Waals surface area contributed by atoms with E-state index in [2.05, 4.69) is 83.0 Å². The van der Waals surface area contributed by atoms with E-state index in [0.717, 1.165) is 17.6 Å². The van der Waals surface area contributed by atoms with Crippen molar-refractivity contribution in [3.8, 4) is 0 Å². The van der Waals surface area contributed by atoms with E-state index in [9.17, 15) is 0 Å². The Bertz CT molecular complexity index is 937. The van der Waals surface area contributed by atoms with Crippen molar-refractivity contribution in [2.45, 2.75) is 31.7 Å². The number of aliphatic imine (C=N–C) groups is 1. The minimum absolute atomic E-state index is 0.0351. The monoisotopic (exact) mass is 361 g/mol. The van der Waals surface area contributed by atoms with Crippen LogP contribution in [0.4, 0.5) is 5.69 Å². The number of anilines is 1. The van der Waals surface area contributed by atoms with Crippen LogP contribution >= 0.6 is 11.8 Å². The summed E-state index contributed by atoms with van der Waals surface area (Å²) >= 11 is 1.74. The SMILES string of the molecule is CCCCc1ccc(NC2N=C/C(=C/c3c[nH]c4ccccc34)S2)cc1. The van der Waals surface area contributed by atoms with Crippen molar-refractivity contribution >= 4 is 40.6 Å². The molecule has 26 heavy (non-hydrogen) atoms. The van der Waals surface area contributed by atoms with Crippen molar-refractivity contribution < 1.29 is 0 Å². The third kappa shape index (κ3) is 3.86. The zero-order chi connectivity index (χ0) is 17.8. The van der Waals surface area contributed by atoms with Gasteiger partial charge in [0.1, 0.15) is 0 Å². The summed E-state index contributed by atoms with van der Waals surface area (Å²) in [5.41, 5.74) is 4.92. The third-order valence-electron chi connectivity index (χ3n) is 4.57. The zero-order valence-corrected chi connectivity index (χ0v) is 15.7. The van der Waals surface area contributed by atoms with Gasteiger partial charge in [-0.1, -0.05) is 55.4 Å². The molecule has 2 aromatic carbocycles. The van der Waals surface area contributed by atoms with E-state index in [1.165, 1.54) is 34.3 Å². The molecule has 2 heterocycles. The van der Waals surface area contributed by atoms with Gasteiger partial charge < -0.3 is 10.3 Å². The van der Waals surface area contributed by atoms with Gasteiger partial charge in [-0.3, -0.25) is 4.99 Å². The van der Waals surface area contributed by atoms with Crippen LogP contribution in [-0.2, 0) is 6.42 Å². The molecule has 0 saturated carbocycles. The predicted octanol–water partition coefficient (Wildman–Crippen LogP) is 6.06. The van der Waals surface area contributed by atoms with Crippen molar-refractivity contribution in [1.82, 2.24) is 4.98 Å². The van der Waals surface area contributed by atoms with Gasteiger partial charge in [0.2, 0.25) is 0 Å². The summed E-state index contributed by atoms with van der Waals surface area (Å²) in [6.45, 7) is 2.23. The van der Waals surface area contributed by atoms with Gasteiger partial charge in [0.05, 0.1) is 0 Å². The molecule has 0 amide bonds. The highest BCUT2D eigenvalue weighted by Gasteiger charge is 2.15. The molecule has 3 aromatic rings. The first-order chi connectivity index (χ1) is 12.8. The van der Waals surface area contributed by atoms with E-state index in [1.807, 2.05) is 6.21 Å². The molecule has 0 aliphatic carbocycles. The smallest absolute Gasteiger partial charge is 0.171 e. The Balaban J connectivity index is 1.40. The van der Waals surface area contributed by atoms with Gasteiger partial charge in [-0.2, -0.15) is 0 Å². The van der Waals surface area contributed by atoms with Crippen LogP contribution in [0, 0.1) is 0 Å². The molecule has 1 aliphatic rings. The van der Waals surface area contributed by atoms with Crippen molar-refractivity contribution in [2.24, 2.45) is 4.99 Å². The second-order valence-electron chi connectivity index (χ2n) is 6.53. The molecule has 132 valence electrons. The summed E-state index contributed by atoms with van der Waals surface area (Å²) in [4.78, 5) is 9.09. The first kappa shape index (κ1) is 17.0. The summed E-state index contributed by atoms with van der Waals surface area (Å²) in [7, 11) is 0. The van der Waals surface area contributed by atoms with Gasteiger partial charge in [-0.25, -0.2) is 0 Å². The molecular formula is C22H23N3S. The molecule has 1 aromatic heterocycles. The average Bonchev–Trinajstić information content (AvgIpc) is 3.29. The van der Waals surface area contributed by atoms with Crippen molar-refractivity contribution in [2.75, 3.05) is 5.32 Å². The summed E-state index contributed by atoms with van der Waals surface area (Å²) in [6, 6.07) is 17.1. The summed E-state index contributed by atoms with van der Waals surface area (Å²) in [5, 5.41) is 4.73. The lowest BCUT2D eigenvalue weighted by molar-refractivity contribution is 0.795. The molecule has 1 atom stereocenters. The maximum atomic E-state index is 4.59. The minimum Gasteiger partial charge on any atom is -0.361 e. The number of fused-ring (bicyclic) bond motifs is 1. The lowest BCUT2D eigenvalue weighted by Crippen LogP contribution is -2.09. The molecule has 3 nitrogen and oxygen atoms in total. The Morgan fingerprint density at radius 2 is 2.00 bits per heavy atom. The zero-order valence-electron chi connectivity index (χ0n) is 14.9. The Morgan fingerprint density at radius 3 is 2.85 bits per heavy atom. The summed E-state index contributed by atoms with van der Waals surface area (Å²) < 4.78 is 0. The standard InChI is InChI=1S/C22H23N3S/c1-2-3-6-16-9-11-18(12-10-16)25-22-24-15-19(26-22)13-17-14-23-21-8-5-4-7-20(17)21/h4-5,7-15,22-23,25H,2-3,6H2,1H3/b19-13-. The lowest BCUT2D eigenvalue weighted by Gasteiger charge is -2.11. The molecule has 0 spiro atoms. The van der Waals surface area contributed by atoms with E-state index >= 15 is 0 Å². The number of H-pyrrole nitrogens is 1. The van der Waals surface area contributed by atoms with Crippen molar-refractivity contribution in [3.63, 3.8) is 0 Å². The van der Waals surface area contributed by atoms with Crippen LogP contribution in [0.3, 0.4) is 0 Å². The quantitative estimate of drug-likeness (QED) is 0.560. The maximum absolute atomic E-state index is 4.59. The van der Waals surface area contributed by atoms with Crippen molar-refractivity contribution in [1.29, 1.82) is 0 Å². The number of nitrogens with zero attached hydrogens (tertiary/aromatic N) is 1. The molecule has 0 fully saturated rings. The molecule has 4 heteroatoms. The number of thioether (sulfide) groups is 1. The average molecular weight is 362 g/mol. The second kappa shape index (κ2) is 7.83. The number of nitrogens with one attached hydrogen (secondary N) is 2. The predicted molar refractivity (Wildman–Crippen MR) is 115 cm³/mol. The molecule has 1 unspecified atom stereocenters. The Kier molecular flexibility index (Phi) is 5.12. The van der Waals surface area contributed by atoms with Gasteiger partial charge in [0, 0.05) is 39.5 Å². The molecule has 1 aliphatic heterocycles. The van der Waals surface area contributed by atoms with Crippen LogP contribution in [-0.4, -0.2) is 16.7 Å². The van der Waals surface area contributed by atoms with E-state index in [-0.39, 0.29) is 5.50 Å². The molecule has 0 saturated heterocycles. The molecule has 2 N–H and O–H groups in total. The lowest BCUT2D eigenvalue weighted by atomic mass is 10.1. The Morgan fingerprint density at radius 1 is 1.15 bits per heavy atom. The number of unbranched alkanes of at least 4 members (excludes halogenated alkanes) is 1. The van der Waals surface area contributed by atoms with E-state index in [4.69, 9.17) is 0 Å². The molecule has 0 bridgehead atoms. The normalized spacial score (nSPS) is 18.0. The number of para-hydroxylation sites is 1. The summed E-state index contributed by atoms with van der Waals surface area (Å²) in [5.74, 6) is 0. The van der Waals surface area contributed by atoms with Gasteiger partial charge in [-0.05, 0) is 42.7 Å². The Labute approximate surface area is 158 Å². The van der Waals surface area contributed by atoms with Gasteiger partial charge in [0.25, 0.3) is 0 Å². The van der Waals surface area contributed by atoms with Crippen LogP contribution in [0.5, 0.6) is 0 Å². The molecular weight excluding hydrogens is 338 g/mol. The second-order valence-corrected chi connectivity index (χ2v) is 7.68. The van der Waals surface area contributed by atoms with Crippen LogP contribution in [0.2, 0.25) is 0 Å². The molecule has 0 radical (unpaired) electrons.